The minimum Gasteiger partial charge on any atom is -0.493 e. The van der Waals surface area contributed by atoms with Crippen molar-refractivity contribution in [3.63, 3.8) is 0 Å². The molecule has 0 radical (unpaired) electrons. The van der Waals surface area contributed by atoms with Gasteiger partial charge in [0.15, 0.2) is 18.1 Å². The van der Waals surface area contributed by atoms with Gasteiger partial charge in [0.25, 0.3) is 5.91 Å². The molecule has 1 aromatic heterocycles. The van der Waals surface area contributed by atoms with Gasteiger partial charge in [0.1, 0.15) is 5.00 Å². The largest absolute Gasteiger partial charge is 0.493 e. The molecular weight excluding hydrogens is 464 g/mol. The number of thiophene rings is 1. The average Bonchev–Trinajstić information content (AvgIpc) is 3.25. The standard InChI is InChI=1S/C27H34N2O5S/c1-3-33-24(30)17-34-21-14-13-18(15-22(21)32-2)16-28-27-25(20-11-7-8-12-23(20)35-27)26(31)29-19-9-5-4-6-10-19/h13-16,19H,3-12,17H2,1-2H3,(H,29,31). The van der Waals surface area contributed by atoms with Crippen LogP contribution < -0.4 is 14.8 Å². The van der Waals surface area contributed by atoms with Gasteiger partial charge in [0.05, 0.1) is 19.3 Å². The van der Waals surface area contributed by atoms with E-state index in [1.54, 1.807) is 43.7 Å². The van der Waals surface area contributed by atoms with Crippen molar-refractivity contribution in [1.82, 2.24) is 5.32 Å². The predicted molar refractivity (Wildman–Crippen MR) is 138 cm³/mol. The number of carbonyl (C=O) groups is 2. The second-order valence-electron chi connectivity index (χ2n) is 8.96. The molecule has 1 amide bonds. The molecule has 0 bridgehead atoms. The average molecular weight is 499 g/mol. The van der Waals surface area contributed by atoms with Crippen molar-refractivity contribution in [2.75, 3.05) is 20.3 Å². The molecule has 0 spiro atoms. The molecule has 0 aliphatic heterocycles. The molecule has 2 aliphatic carbocycles. The lowest BCUT2D eigenvalue weighted by Crippen LogP contribution is -2.36. The Morgan fingerprint density at radius 1 is 1.11 bits per heavy atom. The fourth-order valence-corrected chi connectivity index (χ4v) is 5.97. The highest BCUT2D eigenvalue weighted by molar-refractivity contribution is 7.16. The van der Waals surface area contributed by atoms with Crippen molar-refractivity contribution in [2.45, 2.75) is 70.8 Å². The van der Waals surface area contributed by atoms with E-state index in [1.807, 2.05) is 6.07 Å². The van der Waals surface area contributed by atoms with E-state index in [-0.39, 0.29) is 18.6 Å². The number of amides is 1. The third kappa shape index (κ3) is 6.42. The minimum absolute atomic E-state index is 0.0174. The summed E-state index contributed by atoms with van der Waals surface area (Å²) >= 11 is 1.63. The van der Waals surface area contributed by atoms with Gasteiger partial charge in [-0.15, -0.1) is 11.3 Å². The zero-order chi connectivity index (χ0) is 24.6. The Bertz CT molecular complexity index is 1070. The molecule has 8 heteroatoms. The molecular formula is C27H34N2O5S. The SMILES string of the molecule is CCOC(=O)COc1ccc(C=Nc2sc3c(c2C(=O)NC2CCCCC2)CCCC3)cc1OC. The lowest BCUT2D eigenvalue weighted by Gasteiger charge is -2.23. The first-order valence-electron chi connectivity index (χ1n) is 12.5. The first-order chi connectivity index (χ1) is 17.1. The van der Waals surface area contributed by atoms with E-state index in [4.69, 9.17) is 19.2 Å². The summed E-state index contributed by atoms with van der Waals surface area (Å²) in [6, 6.07) is 5.66. The van der Waals surface area contributed by atoms with Crippen LogP contribution in [0.3, 0.4) is 0 Å². The van der Waals surface area contributed by atoms with Crippen LogP contribution in [-0.2, 0) is 22.4 Å². The Morgan fingerprint density at radius 2 is 1.91 bits per heavy atom. The van der Waals surface area contributed by atoms with Crippen molar-refractivity contribution in [2.24, 2.45) is 4.99 Å². The first-order valence-corrected chi connectivity index (χ1v) is 13.4. The number of aryl methyl sites for hydroxylation is 1. The molecule has 188 valence electrons. The predicted octanol–water partition coefficient (Wildman–Crippen LogP) is 5.39. The van der Waals surface area contributed by atoms with E-state index in [0.29, 0.717) is 18.1 Å². The number of hydrogen-bond acceptors (Lipinski definition) is 7. The van der Waals surface area contributed by atoms with Crippen molar-refractivity contribution in [3.8, 4) is 11.5 Å². The summed E-state index contributed by atoms with van der Waals surface area (Å²) in [5, 5.41) is 4.06. The van der Waals surface area contributed by atoms with Crippen molar-refractivity contribution >= 4 is 34.4 Å². The van der Waals surface area contributed by atoms with E-state index in [2.05, 4.69) is 5.32 Å². The number of esters is 1. The van der Waals surface area contributed by atoms with Gasteiger partial charge in [-0.2, -0.15) is 0 Å². The molecule has 4 rings (SSSR count). The molecule has 2 aromatic rings. The number of nitrogens with zero attached hydrogens (tertiary/aromatic N) is 1. The van der Waals surface area contributed by atoms with Gasteiger partial charge in [0.2, 0.25) is 0 Å². The minimum atomic E-state index is -0.430. The Hall–Kier alpha value is -2.87. The maximum absolute atomic E-state index is 13.3. The van der Waals surface area contributed by atoms with E-state index < -0.39 is 5.97 Å². The maximum Gasteiger partial charge on any atom is 0.344 e. The molecule has 0 saturated heterocycles. The number of benzene rings is 1. The molecule has 7 nitrogen and oxygen atoms in total. The number of hydrogen-bond donors (Lipinski definition) is 1. The van der Waals surface area contributed by atoms with Crippen LogP contribution in [0.15, 0.2) is 23.2 Å². The molecule has 2 aliphatic rings. The molecule has 0 atom stereocenters. The second kappa shape index (κ2) is 12.2. The molecule has 0 unspecified atom stereocenters. The summed E-state index contributed by atoms with van der Waals surface area (Å²) in [4.78, 5) is 31.0. The number of rotatable bonds is 9. The van der Waals surface area contributed by atoms with Crippen molar-refractivity contribution in [3.05, 3.63) is 39.8 Å². The highest BCUT2D eigenvalue weighted by Crippen LogP contribution is 2.40. The first kappa shape index (κ1) is 25.2. The number of carbonyl (C=O) groups excluding carboxylic acids is 2. The molecule has 1 heterocycles. The lowest BCUT2D eigenvalue weighted by molar-refractivity contribution is -0.145. The van der Waals surface area contributed by atoms with Gasteiger partial charge in [-0.1, -0.05) is 19.3 Å². The Kier molecular flexibility index (Phi) is 8.79. The zero-order valence-electron chi connectivity index (χ0n) is 20.6. The van der Waals surface area contributed by atoms with E-state index in [9.17, 15) is 9.59 Å². The summed E-state index contributed by atoms with van der Waals surface area (Å²) in [6.45, 7) is 1.88. The quantitative estimate of drug-likeness (QED) is 0.370. The van der Waals surface area contributed by atoms with Crippen LogP contribution in [0.4, 0.5) is 5.00 Å². The van der Waals surface area contributed by atoms with Crippen LogP contribution in [0.25, 0.3) is 0 Å². The summed E-state index contributed by atoms with van der Waals surface area (Å²) in [6.07, 6.45) is 11.7. The Morgan fingerprint density at radius 3 is 2.69 bits per heavy atom. The van der Waals surface area contributed by atoms with Gasteiger partial charge >= 0.3 is 5.97 Å². The molecule has 1 saturated carbocycles. The monoisotopic (exact) mass is 498 g/mol. The molecule has 1 fully saturated rings. The summed E-state index contributed by atoms with van der Waals surface area (Å²) in [7, 11) is 1.55. The number of aliphatic imine (C=N–C) groups is 1. The molecule has 35 heavy (non-hydrogen) atoms. The lowest BCUT2D eigenvalue weighted by atomic mass is 9.93. The fraction of sp³-hybridized carbons (Fsp3) is 0.519. The third-order valence-electron chi connectivity index (χ3n) is 6.49. The van der Waals surface area contributed by atoms with E-state index in [0.717, 1.165) is 54.7 Å². The molecule has 1 aromatic carbocycles. The van der Waals surface area contributed by atoms with E-state index in [1.165, 1.54) is 29.7 Å². The maximum atomic E-state index is 13.3. The smallest absolute Gasteiger partial charge is 0.344 e. The van der Waals surface area contributed by atoms with Gasteiger partial charge in [0, 0.05) is 17.1 Å². The highest BCUT2D eigenvalue weighted by Gasteiger charge is 2.27. The Labute approximate surface area is 210 Å². The topological polar surface area (TPSA) is 86.2 Å². The van der Waals surface area contributed by atoms with Gasteiger partial charge in [-0.3, -0.25) is 4.79 Å². The summed E-state index contributed by atoms with van der Waals surface area (Å²) in [5.74, 6) is 0.542. The van der Waals surface area contributed by atoms with Crippen LogP contribution in [-0.4, -0.2) is 44.5 Å². The molecule has 1 N–H and O–H groups in total. The van der Waals surface area contributed by atoms with Gasteiger partial charge in [-0.05, 0) is 74.8 Å². The van der Waals surface area contributed by atoms with Crippen LogP contribution in [0.1, 0.15) is 78.2 Å². The summed E-state index contributed by atoms with van der Waals surface area (Å²) < 4.78 is 15.9. The normalized spacial score (nSPS) is 16.1. The second-order valence-corrected chi connectivity index (χ2v) is 10.0. The van der Waals surface area contributed by atoms with Crippen molar-refractivity contribution in [1.29, 1.82) is 0 Å². The van der Waals surface area contributed by atoms with Crippen LogP contribution >= 0.6 is 11.3 Å². The van der Waals surface area contributed by atoms with E-state index >= 15 is 0 Å². The highest BCUT2D eigenvalue weighted by atomic mass is 32.1. The summed E-state index contributed by atoms with van der Waals surface area (Å²) in [5.41, 5.74) is 2.75. The van der Waals surface area contributed by atoms with Gasteiger partial charge < -0.3 is 19.5 Å². The van der Waals surface area contributed by atoms with Crippen LogP contribution in [0, 0.1) is 0 Å². The zero-order valence-corrected chi connectivity index (χ0v) is 21.4. The van der Waals surface area contributed by atoms with Gasteiger partial charge in [-0.25, -0.2) is 9.79 Å². The number of nitrogens with one attached hydrogen (secondary N) is 1. The Balaban J connectivity index is 1.53. The fourth-order valence-electron chi connectivity index (χ4n) is 4.74. The third-order valence-corrected chi connectivity index (χ3v) is 7.69. The number of methoxy groups -OCH3 is 1. The van der Waals surface area contributed by atoms with Crippen molar-refractivity contribution < 1.29 is 23.8 Å². The number of ether oxygens (including phenoxy) is 3. The van der Waals surface area contributed by atoms with Crippen LogP contribution in [0.5, 0.6) is 11.5 Å². The number of fused-ring (bicyclic) bond motifs is 1. The van der Waals surface area contributed by atoms with Crippen LogP contribution in [0.2, 0.25) is 0 Å².